The minimum Gasteiger partial charge on any atom is -0.352 e. The summed E-state index contributed by atoms with van der Waals surface area (Å²) in [5.74, 6) is 0.450. The largest absolute Gasteiger partial charge is 0.352 e. The highest BCUT2D eigenvalue weighted by molar-refractivity contribution is 8.00. The van der Waals surface area contributed by atoms with Crippen LogP contribution in [0.25, 0.3) is 16.9 Å². The molecule has 4 aromatic rings. The highest BCUT2D eigenvalue weighted by Gasteiger charge is 2.37. The third-order valence-corrected chi connectivity index (χ3v) is 7.81. The number of nitrogens with one attached hydrogen (secondary N) is 1. The predicted molar refractivity (Wildman–Crippen MR) is 155 cm³/mol. The molecule has 1 aromatic heterocycles. The zero-order valence-corrected chi connectivity index (χ0v) is 23.1. The van der Waals surface area contributed by atoms with Crippen molar-refractivity contribution in [3.8, 4) is 16.9 Å². The van der Waals surface area contributed by atoms with Crippen LogP contribution >= 0.6 is 23.4 Å². The average Bonchev–Trinajstić information content (AvgIpc) is 3.21. The number of carbonyl (C=O) groups is 2. The van der Waals surface area contributed by atoms with E-state index in [-0.39, 0.29) is 35.4 Å². The lowest BCUT2D eigenvalue weighted by atomic mass is 9.99. The second-order valence-corrected chi connectivity index (χ2v) is 11.2. The van der Waals surface area contributed by atoms with Gasteiger partial charge in [-0.2, -0.15) is 5.10 Å². The molecule has 0 saturated carbocycles. The van der Waals surface area contributed by atoms with E-state index in [0.29, 0.717) is 10.8 Å². The number of anilines is 1. The lowest BCUT2D eigenvalue weighted by Crippen LogP contribution is -2.44. The first-order chi connectivity index (χ1) is 18.3. The molecular formula is C30H29ClN4O2S. The number of thioether (sulfide) groups is 1. The van der Waals surface area contributed by atoms with Crippen LogP contribution in [-0.4, -0.2) is 39.9 Å². The number of fused-ring (bicyclic) bond motifs is 1. The van der Waals surface area contributed by atoms with Crippen molar-refractivity contribution in [1.82, 2.24) is 15.1 Å². The van der Waals surface area contributed by atoms with Crippen molar-refractivity contribution < 1.29 is 9.59 Å². The maximum atomic E-state index is 13.7. The van der Waals surface area contributed by atoms with E-state index < -0.39 is 0 Å². The van der Waals surface area contributed by atoms with Gasteiger partial charge < -0.3 is 5.32 Å². The van der Waals surface area contributed by atoms with Crippen LogP contribution < -0.4 is 10.2 Å². The summed E-state index contributed by atoms with van der Waals surface area (Å²) in [6, 6.07) is 25.6. The topological polar surface area (TPSA) is 67.2 Å². The number of carbonyl (C=O) groups excluding carboxylic acids is 2. The van der Waals surface area contributed by atoms with Crippen LogP contribution in [0.5, 0.6) is 0 Å². The van der Waals surface area contributed by atoms with Crippen LogP contribution in [0.15, 0.2) is 78.9 Å². The summed E-state index contributed by atoms with van der Waals surface area (Å²) in [7, 11) is 0. The number of halogens is 1. The van der Waals surface area contributed by atoms with Crippen LogP contribution in [0.3, 0.4) is 0 Å². The maximum Gasteiger partial charge on any atom is 0.240 e. The molecule has 2 heterocycles. The first-order valence-corrected chi connectivity index (χ1v) is 14.0. The SMILES string of the molecule is Cc1ccc(-n2nc(-c3ccccc3)c3c2N(CC(=O)NC(C)C)C(=O)CSC3c2cccc(Cl)c2)cc1. The number of rotatable bonds is 6. The standard InChI is InChI=1S/C30H29ClN4O2S/c1-19(2)32-25(36)17-34-26(37)18-38-29(22-10-7-11-23(31)16-22)27-28(21-8-5-4-6-9-21)33-35(30(27)34)24-14-12-20(3)13-15-24/h4-16,19,29H,17-18H2,1-3H3,(H,32,36). The Hall–Kier alpha value is -3.55. The molecule has 6 nitrogen and oxygen atoms in total. The molecule has 0 bridgehead atoms. The zero-order chi connectivity index (χ0) is 26.8. The number of aryl methyl sites for hydroxylation is 1. The van der Waals surface area contributed by atoms with Crippen molar-refractivity contribution in [3.05, 3.63) is 101 Å². The van der Waals surface area contributed by atoms with Crippen LogP contribution in [0.2, 0.25) is 5.02 Å². The van der Waals surface area contributed by atoms with Gasteiger partial charge in [-0.15, -0.1) is 11.8 Å². The lowest BCUT2D eigenvalue weighted by molar-refractivity contribution is -0.123. The average molecular weight is 545 g/mol. The minimum atomic E-state index is -0.222. The molecule has 0 spiro atoms. The van der Waals surface area contributed by atoms with E-state index in [4.69, 9.17) is 16.7 Å². The number of hydrogen-bond acceptors (Lipinski definition) is 4. The third kappa shape index (κ3) is 5.35. The maximum absolute atomic E-state index is 13.7. The fourth-order valence-electron chi connectivity index (χ4n) is 4.64. The molecule has 194 valence electrons. The quantitative estimate of drug-likeness (QED) is 0.314. The molecule has 38 heavy (non-hydrogen) atoms. The van der Waals surface area contributed by atoms with Crippen molar-refractivity contribution >= 4 is 41.0 Å². The number of hydrogen-bond donors (Lipinski definition) is 1. The Morgan fingerprint density at radius 3 is 2.50 bits per heavy atom. The summed E-state index contributed by atoms with van der Waals surface area (Å²) in [5.41, 5.74) is 5.49. The predicted octanol–water partition coefficient (Wildman–Crippen LogP) is 6.19. The van der Waals surface area contributed by atoms with E-state index in [9.17, 15) is 9.59 Å². The number of aromatic nitrogens is 2. The van der Waals surface area contributed by atoms with E-state index >= 15 is 0 Å². The molecule has 1 atom stereocenters. The Kier molecular flexibility index (Phi) is 7.58. The normalized spacial score (nSPS) is 15.3. The number of nitrogens with zero attached hydrogens (tertiary/aromatic N) is 3. The van der Waals surface area contributed by atoms with Crippen LogP contribution in [0.1, 0.15) is 35.8 Å². The Bertz CT molecular complexity index is 1470. The molecule has 5 rings (SSSR count). The number of benzene rings is 3. The molecule has 8 heteroatoms. The Morgan fingerprint density at radius 1 is 1.08 bits per heavy atom. The summed E-state index contributed by atoms with van der Waals surface area (Å²) in [6.07, 6.45) is 0. The van der Waals surface area contributed by atoms with Gasteiger partial charge in [0.25, 0.3) is 0 Å². The molecule has 0 aliphatic carbocycles. The molecule has 1 aliphatic heterocycles. The van der Waals surface area contributed by atoms with Crippen molar-refractivity contribution in [2.24, 2.45) is 0 Å². The Balaban J connectivity index is 1.80. The van der Waals surface area contributed by atoms with Crippen LogP contribution in [0.4, 0.5) is 5.82 Å². The first kappa shape index (κ1) is 26.1. The lowest BCUT2D eigenvalue weighted by Gasteiger charge is -2.24. The van der Waals surface area contributed by atoms with Crippen molar-refractivity contribution in [3.63, 3.8) is 0 Å². The van der Waals surface area contributed by atoms with Gasteiger partial charge in [-0.3, -0.25) is 14.5 Å². The van der Waals surface area contributed by atoms with Crippen LogP contribution in [0, 0.1) is 6.92 Å². The molecule has 2 amide bonds. The summed E-state index contributed by atoms with van der Waals surface area (Å²) >= 11 is 7.95. The molecule has 3 aromatic carbocycles. The Morgan fingerprint density at radius 2 is 1.82 bits per heavy atom. The first-order valence-electron chi connectivity index (χ1n) is 12.5. The minimum absolute atomic E-state index is 0.0421. The van der Waals surface area contributed by atoms with Gasteiger partial charge in [0.1, 0.15) is 12.4 Å². The summed E-state index contributed by atoms with van der Waals surface area (Å²) in [5, 5.41) is 8.43. The third-order valence-electron chi connectivity index (χ3n) is 6.32. The van der Waals surface area contributed by atoms with Gasteiger partial charge in [0.05, 0.1) is 22.4 Å². The Labute approximate surface area is 232 Å². The van der Waals surface area contributed by atoms with E-state index in [1.165, 1.54) is 11.8 Å². The number of amides is 2. The van der Waals surface area contributed by atoms with Gasteiger partial charge >= 0.3 is 0 Å². The van der Waals surface area contributed by atoms with Gasteiger partial charge in [-0.25, -0.2) is 4.68 Å². The highest BCUT2D eigenvalue weighted by atomic mass is 35.5. The second-order valence-electron chi connectivity index (χ2n) is 9.65. The van der Waals surface area contributed by atoms with E-state index in [2.05, 4.69) is 5.32 Å². The van der Waals surface area contributed by atoms with Gasteiger partial charge in [0.15, 0.2) is 0 Å². The molecule has 0 fully saturated rings. The summed E-state index contributed by atoms with van der Waals surface area (Å²) < 4.78 is 1.81. The molecule has 1 aliphatic rings. The van der Waals surface area contributed by atoms with Gasteiger partial charge in [-0.1, -0.05) is 71.8 Å². The molecule has 0 radical (unpaired) electrons. The molecular weight excluding hydrogens is 516 g/mol. The van der Waals surface area contributed by atoms with Crippen molar-refractivity contribution in [1.29, 1.82) is 0 Å². The monoisotopic (exact) mass is 544 g/mol. The smallest absolute Gasteiger partial charge is 0.240 e. The zero-order valence-electron chi connectivity index (χ0n) is 21.5. The van der Waals surface area contributed by atoms with Gasteiger partial charge in [0, 0.05) is 22.2 Å². The second kappa shape index (κ2) is 11.1. The molecule has 0 saturated heterocycles. The van der Waals surface area contributed by atoms with E-state index in [0.717, 1.165) is 33.6 Å². The van der Waals surface area contributed by atoms with Crippen LogP contribution in [-0.2, 0) is 9.59 Å². The molecule has 1 unspecified atom stereocenters. The van der Waals surface area contributed by atoms with E-state index in [1.807, 2.05) is 99.6 Å². The fourth-order valence-corrected chi connectivity index (χ4v) is 6.03. The fraction of sp³-hybridized carbons (Fsp3) is 0.233. The van der Waals surface area contributed by atoms with Gasteiger partial charge in [0.2, 0.25) is 11.8 Å². The summed E-state index contributed by atoms with van der Waals surface area (Å²) in [4.78, 5) is 28.3. The van der Waals surface area contributed by atoms with Crippen molar-refractivity contribution in [2.45, 2.75) is 32.1 Å². The molecule has 1 N–H and O–H groups in total. The van der Waals surface area contributed by atoms with E-state index in [1.54, 1.807) is 9.58 Å². The van der Waals surface area contributed by atoms with Crippen molar-refractivity contribution in [2.75, 3.05) is 17.2 Å². The summed E-state index contributed by atoms with van der Waals surface area (Å²) in [6.45, 7) is 5.74. The highest BCUT2D eigenvalue weighted by Crippen LogP contribution is 2.48. The van der Waals surface area contributed by atoms with Gasteiger partial charge in [-0.05, 0) is 50.6 Å².